The van der Waals surface area contributed by atoms with Crippen LogP contribution in [0.2, 0.25) is 0 Å². The Hall–Kier alpha value is -2.48. The number of nitrogens with zero attached hydrogens (tertiary/aromatic N) is 5. The third kappa shape index (κ3) is 6.11. The molecule has 1 heterocycles. The quantitative estimate of drug-likeness (QED) is 0.222. The highest BCUT2D eigenvalue weighted by Gasteiger charge is 2.14. The summed E-state index contributed by atoms with van der Waals surface area (Å²) in [5, 5.41) is 11.8. The number of aromatic nitrogens is 2. The van der Waals surface area contributed by atoms with Gasteiger partial charge in [0.25, 0.3) is 7.41 Å². The first-order chi connectivity index (χ1) is 12.6. The van der Waals surface area contributed by atoms with Crippen molar-refractivity contribution in [2.24, 2.45) is 17.3 Å². The number of unbranched alkanes of at least 4 members (excludes halogenated alkanes) is 2. The predicted molar refractivity (Wildman–Crippen MR) is 105 cm³/mol. The summed E-state index contributed by atoms with van der Waals surface area (Å²) < 4.78 is 4.08. The molecule has 26 heavy (non-hydrogen) atoms. The number of hydrogen-bond donors (Lipinski definition) is 1. The SMILES string of the molecule is CN(C)c1ccc(N=Nc2n(CCCCCN[B]C=O)cc[n+]2C)cc1. The Morgan fingerprint density at radius 1 is 1.19 bits per heavy atom. The summed E-state index contributed by atoms with van der Waals surface area (Å²) in [4.78, 5) is 12.2. The van der Waals surface area contributed by atoms with Gasteiger partial charge in [-0.25, -0.2) is 9.13 Å². The Morgan fingerprint density at radius 2 is 1.96 bits per heavy atom. The van der Waals surface area contributed by atoms with Crippen molar-refractivity contribution < 1.29 is 9.36 Å². The van der Waals surface area contributed by atoms with E-state index in [9.17, 15) is 4.79 Å². The van der Waals surface area contributed by atoms with E-state index in [0.717, 1.165) is 55.9 Å². The molecule has 0 aliphatic heterocycles. The Bertz CT molecular complexity index is 711. The van der Waals surface area contributed by atoms with Crippen LogP contribution in [0.3, 0.4) is 0 Å². The molecule has 1 aromatic carbocycles. The largest absolute Gasteiger partial charge is 0.421 e. The van der Waals surface area contributed by atoms with Crippen LogP contribution in [0.25, 0.3) is 0 Å². The van der Waals surface area contributed by atoms with Gasteiger partial charge in [-0.05, 0) is 50.1 Å². The van der Waals surface area contributed by atoms with Crippen molar-refractivity contribution in [2.75, 3.05) is 25.5 Å². The molecule has 0 fully saturated rings. The van der Waals surface area contributed by atoms with E-state index in [2.05, 4.69) is 24.9 Å². The second-order valence-electron chi connectivity index (χ2n) is 6.33. The van der Waals surface area contributed by atoms with E-state index in [4.69, 9.17) is 0 Å². The second-order valence-corrected chi connectivity index (χ2v) is 6.33. The topological polar surface area (TPSA) is 65.9 Å². The van der Waals surface area contributed by atoms with E-state index in [-0.39, 0.29) is 0 Å². The molecule has 1 aromatic heterocycles. The summed E-state index contributed by atoms with van der Waals surface area (Å²) in [6.45, 7) is 1.72. The molecule has 0 spiro atoms. The molecule has 0 saturated carbocycles. The Labute approximate surface area is 156 Å². The third-order valence-electron chi connectivity index (χ3n) is 4.07. The average Bonchev–Trinajstić information content (AvgIpc) is 2.99. The van der Waals surface area contributed by atoms with Crippen molar-refractivity contribution in [1.82, 2.24) is 9.79 Å². The van der Waals surface area contributed by atoms with Gasteiger partial charge in [0.15, 0.2) is 0 Å². The molecule has 7 nitrogen and oxygen atoms in total. The van der Waals surface area contributed by atoms with Gasteiger partial charge in [0.05, 0.1) is 32.2 Å². The first-order valence-corrected chi connectivity index (χ1v) is 8.86. The maximum absolute atomic E-state index is 10.2. The zero-order valence-corrected chi connectivity index (χ0v) is 15.8. The first-order valence-electron chi connectivity index (χ1n) is 8.86. The highest BCUT2D eigenvalue weighted by molar-refractivity contribution is 6.64. The molecule has 0 atom stereocenters. The van der Waals surface area contributed by atoms with Crippen molar-refractivity contribution in [3.63, 3.8) is 0 Å². The van der Waals surface area contributed by atoms with Gasteiger partial charge >= 0.3 is 5.95 Å². The van der Waals surface area contributed by atoms with E-state index in [0.29, 0.717) is 0 Å². The summed E-state index contributed by atoms with van der Waals surface area (Å²) in [5.41, 5.74) is 1.97. The van der Waals surface area contributed by atoms with Crippen LogP contribution in [0, 0.1) is 0 Å². The number of carbonyl (C=O) groups is 1. The van der Waals surface area contributed by atoms with E-state index < -0.39 is 0 Å². The molecule has 0 amide bonds. The molecule has 137 valence electrons. The molecule has 0 saturated heterocycles. The smallest absolute Gasteiger partial charge is 0.378 e. The molecule has 0 aliphatic carbocycles. The number of imidazole rings is 1. The number of hydrogen-bond acceptors (Lipinski definition) is 5. The van der Waals surface area contributed by atoms with Crippen LogP contribution >= 0.6 is 0 Å². The van der Waals surface area contributed by atoms with E-state index in [1.807, 2.05) is 62.4 Å². The first kappa shape index (κ1) is 19.8. The summed E-state index contributed by atoms with van der Waals surface area (Å²) in [7, 11) is 7.44. The molecular formula is C18H27BN6O+. The maximum Gasteiger partial charge on any atom is 0.421 e. The highest BCUT2D eigenvalue weighted by atomic mass is 16.1. The number of aryl methyl sites for hydroxylation is 2. The molecular weight excluding hydrogens is 327 g/mol. The van der Waals surface area contributed by atoms with Gasteiger partial charge in [-0.1, -0.05) is 5.11 Å². The number of azo groups is 1. The van der Waals surface area contributed by atoms with Gasteiger partial charge in [0, 0.05) is 24.9 Å². The van der Waals surface area contributed by atoms with Crippen LogP contribution in [0.1, 0.15) is 19.3 Å². The number of nitrogens with one attached hydrogen (secondary N) is 1. The van der Waals surface area contributed by atoms with Crippen molar-refractivity contribution in [3.8, 4) is 0 Å². The van der Waals surface area contributed by atoms with Gasteiger partial charge < -0.3 is 14.9 Å². The predicted octanol–water partition coefficient (Wildman–Crippen LogP) is 2.36. The van der Waals surface area contributed by atoms with Crippen LogP contribution in [0.5, 0.6) is 0 Å². The Morgan fingerprint density at radius 3 is 2.65 bits per heavy atom. The molecule has 8 heteroatoms. The summed E-state index contributed by atoms with van der Waals surface area (Å²) >= 11 is 0. The number of anilines is 1. The molecule has 0 bridgehead atoms. The summed E-state index contributed by atoms with van der Waals surface area (Å²) in [5.74, 6) is 0.828. The van der Waals surface area contributed by atoms with E-state index in [1.54, 1.807) is 0 Å². The summed E-state index contributed by atoms with van der Waals surface area (Å²) in [6.07, 6.45) is 7.96. The lowest BCUT2D eigenvalue weighted by Crippen LogP contribution is -2.25. The van der Waals surface area contributed by atoms with Crippen molar-refractivity contribution in [2.45, 2.75) is 25.8 Å². The van der Waals surface area contributed by atoms with Crippen molar-refractivity contribution in [3.05, 3.63) is 36.7 Å². The van der Waals surface area contributed by atoms with Gasteiger partial charge in [0.1, 0.15) is 5.69 Å². The molecule has 1 N–H and O–H groups in total. The minimum Gasteiger partial charge on any atom is -0.378 e. The second kappa shape index (κ2) is 10.5. The van der Waals surface area contributed by atoms with Crippen LogP contribution in [0.4, 0.5) is 17.3 Å². The van der Waals surface area contributed by atoms with Crippen molar-refractivity contribution in [1.29, 1.82) is 0 Å². The Balaban J connectivity index is 1.89. The van der Waals surface area contributed by atoms with Gasteiger partial charge in [0.2, 0.25) is 0 Å². The fourth-order valence-electron chi connectivity index (χ4n) is 2.56. The zero-order chi connectivity index (χ0) is 18.8. The van der Waals surface area contributed by atoms with Gasteiger partial charge in [-0.2, -0.15) is 0 Å². The summed E-state index contributed by atoms with van der Waals surface area (Å²) in [6, 6.07) is 8.00. The molecule has 1 radical (unpaired) electrons. The number of rotatable bonds is 11. The van der Waals surface area contributed by atoms with Crippen LogP contribution < -0.4 is 14.7 Å². The molecule has 0 unspecified atom stereocenters. The van der Waals surface area contributed by atoms with Gasteiger partial charge in [-0.15, -0.1) is 0 Å². The minimum atomic E-state index is 0.769. The zero-order valence-electron chi connectivity index (χ0n) is 15.8. The highest BCUT2D eigenvalue weighted by Crippen LogP contribution is 2.20. The fraction of sp³-hybridized carbons (Fsp3) is 0.444. The fourth-order valence-corrected chi connectivity index (χ4v) is 2.56. The van der Waals surface area contributed by atoms with E-state index in [1.165, 1.54) is 7.41 Å². The maximum atomic E-state index is 10.2. The standard InChI is InChI=1S/C18H27BN6O/c1-23(2)17-9-7-16(8-10-17)21-22-18-24(3)13-14-25(18)12-6-4-5-11-20-19-15-26/h7-10,13-15,20H,4-6,11-12H2,1-3H3/q+1. The lowest BCUT2D eigenvalue weighted by Gasteiger charge is -2.11. The van der Waals surface area contributed by atoms with Crippen LogP contribution in [0.15, 0.2) is 46.9 Å². The Kier molecular flexibility index (Phi) is 8.02. The monoisotopic (exact) mass is 354 g/mol. The number of carbonyl (C=O) groups excluding carboxylic acids is 1. The lowest BCUT2D eigenvalue weighted by molar-refractivity contribution is -0.657. The molecule has 2 aromatic rings. The lowest BCUT2D eigenvalue weighted by atomic mass is 9.99. The molecule has 2 rings (SSSR count). The third-order valence-corrected chi connectivity index (χ3v) is 4.07. The van der Waals surface area contributed by atoms with Crippen LogP contribution in [-0.4, -0.2) is 38.8 Å². The minimum absolute atomic E-state index is 0.769. The number of benzene rings is 1. The molecule has 0 aliphatic rings. The van der Waals surface area contributed by atoms with Crippen LogP contribution in [-0.2, 0) is 18.4 Å². The van der Waals surface area contributed by atoms with E-state index >= 15 is 0 Å². The van der Waals surface area contributed by atoms with Gasteiger partial charge in [-0.3, -0.25) is 0 Å². The van der Waals surface area contributed by atoms with Crippen molar-refractivity contribution >= 4 is 30.9 Å². The average molecular weight is 354 g/mol. The normalized spacial score (nSPS) is 11.0.